The van der Waals surface area contributed by atoms with Gasteiger partial charge in [-0.15, -0.1) is 11.0 Å². The van der Waals surface area contributed by atoms with Gasteiger partial charge in [0.2, 0.25) is 0 Å². The molecule has 0 aliphatic rings. The first-order valence-corrected chi connectivity index (χ1v) is 3.09. The van der Waals surface area contributed by atoms with Crippen LogP contribution in [0, 0.1) is 0 Å². The van der Waals surface area contributed by atoms with Gasteiger partial charge in [-0.1, -0.05) is 17.0 Å². The molecule has 0 unspecified atom stereocenters. The Morgan fingerprint density at radius 2 is 2.18 bits per heavy atom. The Morgan fingerprint density at radius 1 is 1.36 bits per heavy atom. The molecule has 0 amide bonds. The molecule has 5 heteroatoms. The second-order valence-corrected chi connectivity index (χ2v) is 2.06. The quantitative estimate of drug-likeness (QED) is 0.568. The standard InChI is InChI=1S/C6H6N4O/c7-11-10-6-4-2-1-3-5(6)8-9-10/h1-4H,7H2. The van der Waals surface area contributed by atoms with Gasteiger partial charge in [0, 0.05) is 0 Å². The van der Waals surface area contributed by atoms with E-state index in [0.29, 0.717) is 0 Å². The summed E-state index contributed by atoms with van der Waals surface area (Å²) in [4.78, 5) is 5.57. The molecule has 0 radical (unpaired) electrons. The van der Waals surface area contributed by atoms with E-state index < -0.39 is 0 Å². The molecule has 2 aromatic rings. The predicted octanol–water partition coefficient (Wildman–Crippen LogP) is -0.266. The van der Waals surface area contributed by atoms with Gasteiger partial charge in [0.15, 0.2) is 0 Å². The lowest BCUT2D eigenvalue weighted by Gasteiger charge is -1.93. The van der Waals surface area contributed by atoms with E-state index in [2.05, 4.69) is 15.3 Å². The Balaban J connectivity index is 2.76. The summed E-state index contributed by atoms with van der Waals surface area (Å²) in [5.41, 5.74) is 1.52. The highest BCUT2D eigenvalue weighted by atomic mass is 16.8. The molecule has 0 saturated heterocycles. The van der Waals surface area contributed by atoms with Gasteiger partial charge in [0.25, 0.3) is 0 Å². The summed E-state index contributed by atoms with van der Waals surface area (Å²) >= 11 is 0. The van der Waals surface area contributed by atoms with Crippen LogP contribution in [0.5, 0.6) is 0 Å². The van der Waals surface area contributed by atoms with Gasteiger partial charge in [-0.3, -0.25) is 0 Å². The summed E-state index contributed by atoms with van der Waals surface area (Å²) in [6.07, 6.45) is 0. The van der Waals surface area contributed by atoms with Gasteiger partial charge < -0.3 is 4.94 Å². The van der Waals surface area contributed by atoms with Crippen molar-refractivity contribution in [1.82, 2.24) is 15.2 Å². The van der Waals surface area contributed by atoms with Crippen molar-refractivity contribution in [2.75, 3.05) is 0 Å². The zero-order chi connectivity index (χ0) is 7.68. The van der Waals surface area contributed by atoms with Crippen LogP contribution in [-0.4, -0.2) is 15.2 Å². The lowest BCUT2D eigenvalue weighted by molar-refractivity contribution is 0.0888. The van der Waals surface area contributed by atoms with E-state index in [0.717, 1.165) is 15.9 Å². The summed E-state index contributed by atoms with van der Waals surface area (Å²) in [6, 6.07) is 7.39. The average Bonchev–Trinajstić information content (AvgIpc) is 2.47. The van der Waals surface area contributed by atoms with E-state index >= 15 is 0 Å². The largest absolute Gasteiger partial charge is 0.302 e. The first-order chi connectivity index (χ1) is 5.42. The van der Waals surface area contributed by atoms with Crippen LogP contribution in [0.15, 0.2) is 24.3 Å². The number of benzene rings is 1. The second kappa shape index (κ2) is 2.21. The molecule has 1 heterocycles. The molecule has 56 valence electrons. The van der Waals surface area contributed by atoms with E-state index in [-0.39, 0.29) is 0 Å². The molecule has 2 N–H and O–H groups in total. The number of nitrogens with two attached hydrogens (primary N) is 1. The molecule has 0 bridgehead atoms. The number of rotatable bonds is 1. The fraction of sp³-hybridized carbons (Fsp3) is 0. The van der Waals surface area contributed by atoms with Crippen molar-refractivity contribution in [3.63, 3.8) is 0 Å². The highest BCUT2D eigenvalue weighted by Crippen LogP contribution is 2.06. The third kappa shape index (κ3) is 0.821. The summed E-state index contributed by atoms with van der Waals surface area (Å²) in [6.45, 7) is 0. The Labute approximate surface area is 62.3 Å². The third-order valence-electron chi connectivity index (χ3n) is 1.42. The van der Waals surface area contributed by atoms with Crippen LogP contribution in [-0.2, 0) is 0 Å². The Morgan fingerprint density at radius 3 is 3.00 bits per heavy atom. The van der Waals surface area contributed by atoms with Gasteiger partial charge >= 0.3 is 0 Å². The maximum absolute atomic E-state index is 4.92. The highest BCUT2D eigenvalue weighted by Gasteiger charge is 2.00. The predicted molar refractivity (Wildman–Crippen MR) is 38.3 cm³/mol. The molecular weight excluding hydrogens is 144 g/mol. The first-order valence-electron chi connectivity index (χ1n) is 3.09. The normalized spacial score (nSPS) is 10.3. The van der Waals surface area contributed by atoms with Crippen molar-refractivity contribution in [2.24, 2.45) is 5.90 Å². The minimum Gasteiger partial charge on any atom is -0.302 e. The summed E-state index contributed by atoms with van der Waals surface area (Å²) in [5, 5.41) is 7.43. The van der Waals surface area contributed by atoms with E-state index in [4.69, 9.17) is 5.90 Å². The van der Waals surface area contributed by atoms with Crippen LogP contribution in [0.2, 0.25) is 0 Å². The number of hydrogen-bond donors (Lipinski definition) is 1. The maximum Gasteiger partial charge on any atom is 0.133 e. The number of aromatic nitrogens is 3. The first kappa shape index (κ1) is 6.11. The van der Waals surface area contributed by atoms with Crippen molar-refractivity contribution in [1.29, 1.82) is 0 Å². The highest BCUT2D eigenvalue weighted by molar-refractivity contribution is 5.73. The van der Waals surface area contributed by atoms with Crippen LogP contribution in [0.25, 0.3) is 11.0 Å². The van der Waals surface area contributed by atoms with Gasteiger partial charge in [-0.25, -0.2) is 0 Å². The smallest absolute Gasteiger partial charge is 0.133 e. The fourth-order valence-electron chi connectivity index (χ4n) is 0.925. The van der Waals surface area contributed by atoms with E-state index in [1.165, 1.54) is 0 Å². The van der Waals surface area contributed by atoms with Crippen LogP contribution in [0.3, 0.4) is 0 Å². The van der Waals surface area contributed by atoms with E-state index in [1.807, 2.05) is 24.3 Å². The third-order valence-corrected chi connectivity index (χ3v) is 1.42. The molecule has 0 saturated carbocycles. The van der Waals surface area contributed by atoms with Gasteiger partial charge in [-0.2, -0.15) is 0 Å². The van der Waals surface area contributed by atoms with Crippen LogP contribution in [0.4, 0.5) is 0 Å². The molecule has 5 nitrogen and oxygen atoms in total. The maximum atomic E-state index is 4.92. The van der Waals surface area contributed by atoms with E-state index in [1.54, 1.807) is 0 Å². The van der Waals surface area contributed by atoms with Crippen molar-refractivity contribution < 1.29 is 4.94 Å². The lowest BCUT2D eigenvalue weighted by Crippen LogP contribution is -2.19. The van der Waals surface area contributed by atoms with Crippen molar-refractivity contribution in [2.45, 2.75) is 0 Å². The molecular formula is C6H6N4O. The molecule has 2 rings (SSSR count). The van der Waals surface area contributed by atoms with Crippen LogP contribution < -0.4 is 10.8 Å². The number of hydrogen-bond acceptors (Lipinski definition) is 4. The molecule has 1 aromatic heterocycles. The van der Waals surface area contributed by atoms with Gasteiger partial charge in [0.1, 0.15) is 11.0 Å². The molecule has 1 aromatic carbocycles. The van der Waals surface area contributed by atoms with Gasteiger partial charge in [0.05, 0.1) is 0 Å². The number of para-hydroxylation sites is 1. The summed E-state index contributed by atoms with van der Waals surface area (Å²) in [7, 11) is 0. The van der Waals surface area contributed by atoms with Gasteiger partial charge in [-0.05, 0) is 17.3 Å². The molecule has 11 heavy (non-hydrogen) atoms. The van der Waals surface area contributed by atoms with E-state index in [9.17, 15) is 0 Å². The van der Waals surface area contributed by atoms with Crippen LogP contribution in [0.1, 0.15) is 0 Å². The molecule has 0 aliphatic carbocycles. The Bertz CT molecular complexity index is 369. The van der Waals surface area contributed by atoms with Crippen molar-refractivity contribution in [3.8, 4) is 0 Å². The SMILES string of the molecule is NOn1nnc2ccccc21. The molecule has 0 atom stereocenters. The van der Waals surface area contributed by atoms with Crippen molar-refractivity contribution in [3.05, 3.63) is 24.3 Å². The summed E-state index contributed by atoms with van der Waals surface area (Å²) in [5.74, 6) is 4.92. The zero-order valence-electron chi connectivity index (χ0n) is 5.64. The van der Waals surface area contributed by atoms with Crippen molar-refractivity contribution >= 4 is 11.0 Å². The minimum atomic E-state index is 0.759. The zero-order valence-corrected chi connectivity index (χ0v) is 5.64. The molecule has 0 spiro atoms. The number of fused-ring (bicyclic) bond motifs is 1. The van der Waals surface area contributed by atoms with Crippen LogP contribution >= 0.6 is 0 Å². The molecule has 0 fully saturated rings. The Kier molecular flexibility index (Phi) is 1.23. The monoisotopic (exact) mass is 150 g/mol. The second-order valence-electron chi connectivity index (χ2n) is 2.06. The Hall–Kier alpha value is -1.62. The average molecular weight is 150 g/mol. The topological polar surface area (TPSA) is 66.0 Å². The number of nitrogens with zero attached hydrogens (tertiary/aromatic N) is 3. The molecule has 0 aliphatic heterocycles. The minimum absolute atomic E-state index is 0.759. The fourth-order valence-corrected chi connectivity index (χ4v) is 0.925. The lowest BCUT2D eigenvalue weighted by atomic mass is 10.3. The summed E-state index contributed by atoms with van der Waals surface area (Å²) < 4.78 is 0.